The number of benzene rings is 2. The fourth-order valence-electron chi connectivity index (χ4n) is 4.24. The summed E-state index contributed by atoms with van der Waals surface area (Å²) in [6.45, 7) is 1.10. The van der Waals surface area contributed by atoms with Crippen molar-refractivity contribution in [2.75, 3.05) is 19.8 Å². The van der Waals surface area contributed by atoms with Crippen molar-refractivity contribution in [3.63, 3.8) is 0 Å². The molecule has 1 saturated heterocycles. The van der Waals surface area contributed by atoms with Crippen molar-refractivity contribution in [3.05, 3.63) is 54.2 Å². The average molecular weight is 500 g/mol. The van der Waals surface area contributed by atoms with E-state index in [1.54, 1.807) is 30.5 Å². The first-order valence-corrected chi connectivity index (χ1v) is 13.5. The van der Waals surface area contributed by atoms with Crippen molar-refractivity contribution in [2.45, 2.75) is 22.3 Å². The van der Waals surface area contributed by atoms with E-state index in [1.807, 2.05) is 12.1 Å². The molecule has 3 heterocycles. The Labute approximate surface area is 196 Å². The normalized spacial score (nSPS) is 18.5. The van der Waals surface area contributed by atoms with E-state index in [9.17, 15) is 16.8 Å². The second-order valence-electron chi connectivity index (χ2n) is 7.91. The third kappa shape index (κ3) is 4.12. The molecule has 176 valence electrons. The minimum atomic E-state index is -4.54. The van der Waals surface area contributed by atoms with Gasteiger partial charge < -0.3 is 5.32 Å². The van der Waals surface area contributed by atoms with Gasteiger partial charge >= 0.3 is 0 Å². The highest BCUT2D eigenvalue weighted by atomic mass is 32.2. The van der Waals surface area contributed by atoms with E-state index in [2.05, 4.69) is 30.2 Å². The minimum Gasteiger partial charge on any atom is -0.315 e. The molecule has 0 saturated carbocycles. The molecule has 0 aliphatic carbocycles. The van der Waals surface area contributed by atoms with E-state index < -0.39 is 29.8 Å². The van der Waals surface area contributed by atoms with Crippen LogP contribution in [0, 0.1) is 0 Å². The third-order valence-corrected chi connectivity index (χ3v) is 8.37. The number of hydrogen-bond acceptors (Lipinski definition) is 9. The van der Waals surface area contributed by atoms with Gasteiger partial charge in [-0.3, -0.25) is 4.98 Å². The number of rotatable bonds is 6. The molecule has 1 aromatic heterocycles. The Morgan fingerprint density at radius 3 is 2.59 bits per heavy atom. The lowest BCUT2D eigenvalue weighted by Crippen LogP contribution is -2.37. The Bertz CT molecular complexity index is 1560. The van der Waals surface area contributed by atoms with Gasteiger partial charge in [0.1, 0.15) is 9.79 Å². The van der Waals surface area contributed by atoms with Crippen LogP contribution in [-0.4, -0.2) is 53.5 Å². The fourth-order valence-corrected chi connectivity index (χ4v) is 7.11. The molecule has 3 aromatic rings. The maximum absolute atomic E-state index is 13.3. The molecular weight excluding hydrogens is 478 g/mol. The summed E-state index contributed by atoms with van der Waals surface area (Å²) in [5, 5.41) is 17.3. The first kappa shape index (κ1) is 22.7. The van der Waals surface area contributed by atoms with E-state index in [0.29, 0.717) is 36.2 Å². The number of nitrogens with two attached hydrogens (primary N) is 1. The van der Waals surface area contributed by atoms with Gasteiger partial charge in [-0.2, -0.15) is 5.11 Å². The number of hydrogen-bond donors (Lipinski definition) is 3. The van der Waals surface area contributed by atoms with Gasteiger partial charge in [0.2, 0.25) is 20.0 Å². The standard InChI is InChI=1S/C21H21N7O4S2/c22-33(29,30)20-18(34(31,32)28-13-8-10-23-11-13)7-6-16(19(20)21-25-12-26-27-21)14-3-1-5-17-15(14)4-2-9-24-17/h1-7,9,13,23,28H,8,10-12H2,(H2,22,29,30)/t13-/m1/s1. The number of aliphatic imine (C=N–C) groups is 1. The summed E-state index contributed by atoms with van der Waals surface area (Å²) in [5.41, 5.74) is 1.72. The smallest absolute Gasteiger partial charge is 0.242 e. The molecule has 0 bridgehead atoms. The summed E-state index contributed by atoms with van der Waals surface area (Å²) < 4.78 is 55.0. The lowest BCUT2D eigenvalue weighted by Gasteiger charge is -2.19. The molecule has 0 unspecified atom stereocenters. The zero-order valence-corrected chi connectivity index (χ0v) is 19.5. The number of sulfonamides is 2. The molecule has 0 radical (unpaired) electrons. The summed E-state index contributed by atoms with van der Waals surface area (Å²) in [6, 6.07) is 11.4. The van der Waals surface area contributed by atoms with Gasteiger partial charge in [0.15, 0.2) is 12.5 Å². The summed E-state index contributed by atoms with van der Waals surface area (Å²) >= 11 is 0. The molecule has 34 heavy (non-hydrogen) atoms. The van der Waals surface area contributed by atoms with Crippen LogP contribution < -0.4 is 15.2 Å². The van der Waals surface area contributed by atoms with Crippen molar-refractivity contribution in [1.82, 2.24) is 15.0 Å². The molecule has 0 spiro atoms. The third-order valence-electron chi connectivity index (χ3n) is 5.69. The van der Waals surface area contributed by atoms with Crippen LogP contribution in [0.4, 0.5) is 0 Å². The number of amidine groups is 1. The van der Waals surface area contributed by atoms with Crippen LogP contribution in [0.2, 0.25) is 0 Å². The second-order valence-corrected chi connectivity index (χ2v) is 11.1. The van der Waals surface area contributed by atoms with Crippen LogP contribution in [0.15, 0.2) is 73.7 Å². The predicted molar refractivity (Wildman–Crippen MR) is 126 cm³/mol. The summed E-state index contributed by atoms with van der Waals surface area (Å²) in [5.74, 6) is -0.000462. The monoisotopic (exact) mass is 499 g/mol. The van der Waals surface area contributed by atoms with E-state index >= 15 is 0 Å². The van der Waals surface area contributed by atoms with Crippen molar-refractivity contribution in [3.8, 4) is 11.1 Å². The Hall–Kier alpha value is -3.10. The van der Waals surface area contributed by atoms with Crippen LogP contribution in [-0.2, 0) is 20.0 Å². The molecule has 5 rings (SSSR count). The highest BCUT2D eigenvalue weighted by Gasteiger charge is 2.34. The van der Waals surface area contributed by atoms with Crippen molar-refractivity contribution in [2.24, 2.45) is 20.4 Å². The number of nitrogens with one attached hydrogen (secondary N) is 2. The highest BCUT2D eigenvalue weighted by Crippen LogP contribution is 2.37. The van der Waals surface area contributed by atoms with Crippen LogP contribution in [0.1, 0.15) is 12.0 Å². The second kappa shape index (κ2) is 8.60. The average Bonchev–Trinajstić information content (AvgIpc) is 3.51. The number of pyridine rings is 1. The predicted octanol–water partition coefficient (Wildman–Crippen LogP) is 1.36. The maximum atomic E-state index is 13.3. The number of nitrogens with zero attached hydrogens (tertiary/aromatic N) is 4. The first-order chi connectivity index (χ1) is 16.3. The Morgan fingerprint density at radius 2 is 1.88 bits per heavy atom. The molecule has 2 aliphatic rings. The minimum absolute atomic E-state index is 0.000462. The summed E-state index contributed by atoms with van der Waals surface area (Å²) in [6.07, 6.45) is 2.23. The molecular formula is C21H21N7O4S2. The van der Waals surface area contributed by atoms with Gasteiger partial charge in [0.25, 0.3) is 0 Å². The quantitative estimate of drug-likeness (QED) is 0.463. The zero-order chi connectivity index (χ0) is 23.9. The van der Waals surface area contributed by atoms with Crippen LogP contribution in [0.3, 0.4) is 0 Å². The lowest BCUT2D eigenvalue weighted by molar-refractivity contribution is 0.555. The SMILES string of the molecule is NS(=O)(=O)c1c(S(=O)(=O)N[C@@H]2CCNC2)ccc(-c2cccc3ncccc23)c1C1=NCN=N1. The fraction of sp³-hybridized carbons (Fsp3) is 0.238. The number of fused-ring (bicyclic) bond motifs is 1. The molecule has 2 aromatic carbocycles. The molecule has 1 atom stereocenters. The van der Waals surface area contributed by atoms with Gasteiger partial charge in [-0.15, -0.1) is 5.11 Å². The van der Waals surface area contributed by atoms with Gasteiger partial charge in [-0.25, -0.2) is 31.7 Å². The van der Waals surface area contributed by atoms with E-state index in [0.717, 1.165) is 5.39 Å². The maximum Gasteiger partial charge on any atom is 0.242 e. The number of primary sulfonamides is 1. The Morgan fingerprint density at radius 1 is 1.03 bits per heavy atom. The molecule has 1 fully saturated rings. The lowest BCUT2D eigenvalue weighted by atomic mass is 9.95. The highest BCUT2D eigenvalue weighted by molar-refractivity contribution is 7.92. The summed E-state index contributed by atoms with van der Waals surface area (Å²) in [7, 11) is -8.77. The van der Waals surface area contributed by atoms with E-state index in [4.69, 9.17) is 5.14 Å². The first-order valence-electron chi connectivity index (χ1n) is 10.4. The van der Waals surface area contributed by atoms with Crippen LogP contribution >= 0.6 is 0 Å². The topological polar surface area (TPSA) is 168 Å². The number of aromatic nitrogens is 1. The van der Waals surface area contributed by atoms with Gasteiger partial charge in [0.05, 0.1) is 11.1 Å². The molecule has 0 amide bonds. The van der Waals surface area contributed by atoms with Crippen molar-refractivity contribution < 1.29 is 16.8 Å². The van der Waals surface area contributed by atoms with Gasteiger partial charge in [-0.1, -0.05) is 24.3 Å². The van der Waals surface area contributed by atoms with Gasteiger partial charge in [-0.05, 0) is 42.3 Å². The van der Waals surface area contributed by atoms with Crippen molar-refractivity contribution >= 4 is 36.8 Å². The molecule has 2 aliphatic heterocycles. The molecule has 13 heteroatoms. The number of azo groups is 1. The van der Waals surface area contributed by atoms with Crippen LogP contribution in [0.5, 0.6) is 0 Å². The van der Waals surface area contributed by atoms with Gasteiger partial charge in [0, 0.05) is 24.2 Å². The van der Waals surface area contributed by atoms with E-state index in [1.165, 1.54) is 6.07 Å². The Balaban J connectivity index is 1.82. The zero-order valence-electron chi connectivity index (χ0n) is 17.8. The Kier molecular flexibility index (Phi) is 5.73. The molecule has 4 N–H and O–H groups in total. The molecule has 11 nitrogen and oxygen atoms in total. The van der Waals surface area contributed by atoms with E-state index in [-0.39, 0.29) is 24.1 Å². The summed E-state index contributed by atoms with van der Waals surface area (Å²) in [4.78, 5) is 7.53. The van der Waals surface area contributed by atoms with Crippen LogP contribution in [0.25, 0.3) is 22.0 Å². The van der Waals surface area contributed by atoms with Crippen molar-refractivity contribution in [1.29, 1.82) is 0 Å². The largest absolute Gasteiger partial charge is 0.315 e.